The van der Waals surface area contributed by atoms with Crippen LogP contribution in [0.4, 0.5) is 17.6 Å². The lowest BCUT2D eigenvalue weighted by Gasteiger charge is -2.18. The molecule has 0 aliphatic heterocycles. The SMILES string of the molecule is O[C@@H]1[C@@H](COC(F)(F)F)C[C@@H](n2cnc3c(F)ncnc32)[C@@H]1O. The number of imidazole rings is 1. The van der Waals surface area contributed by atoms with Crippen LogP contribution in [0, 0.1) is 11.9 Å². The Morgan fingerprint density at radius 1 is 1.22 bits per heavy atom. The molecule has 2 heterocycles. The van der Waals surface area contributed by atoms with Gasteiger partial charge in [-0.05, 0) is 6.42 Å². The number of aliphatic hydroxyl groups is 2. The highest BCUT2D eigenvalue weighted by atomic mass is 19.4. The number of ether oxygens (including phenoxy) is 1. The average molecular weight is 336 g/mol. The summed E-state index contributed by atoms with van der Waals surface area (Å²) in [6, 6.07) is -0.800. The Morgan fingerprint density at radius 2 is 1.96 bits per heavy atom. The summed E-state index contributed by atoms with van der Waals surface area (Å²) in [6.45, 7) is -0.784. The smallest absolute Gasteiger partial charge is 0.390 e. The maximum atomic E-state index is 13.5. The molecule has 0 spiro atoms. The average Bonchev–Trinajstić information content (AvgIpc) is 3.01. The van der Waals surface area contributed by atoms with E-state index in [2.05, 4.69) is 19.7 Å². The van der Waals surface area contributed by atoms with Gasteiger partial charge in [-0.3, -0.25) is 4.74 Å². The van der Waals surface area contributed by atoms with Crippen molar-refractivity contribution in [1.82, 2.24) is 19.5 Å². The molecule has 0 unspecified atom stereocenters. The number of alkyl halides is 3. The largest absolute Gasteiger partial charge is 0.522 e. The summed E-state index contributed by atoms with van der Waals surface area (Å²) in [5.41, 5.74) is -0.0321. The van der Waals surface area contributed by atoms with Crippen molar-refractivity contribution < 1.29 is 32.5 Å². The van der Waals surface area contributed by atoms with E-state index in [-0.39, 0.29) is 17.6 Å². The summed E-state index contributed by atoms with van der Waals surface area (Å²) in [6.07, 6.45) is -5.41. The van der Waals surface area contributed by atoms with Crippen LogP contribution in [0.3, 0.4) is 0 Å². The van der Waals surface area contributed by atoms with Crippen LogP contribution in [0.15, 0.2) is 12.7 Å². The molecule has 0 bridgehead atoms. The molecule has 2 N–H and O–H groups in total. The van der Waals surface area contributed by atoms with E-state index in [1.54, 1.807) is 0 Å². The molecule has 126 valence electrons. The van der Waals surface area contributed by atoms with Gasteiger partial charge in [0, 0.05) is 5.92 Å². The number of fused-ring (bicyclic) bond motifs is 1. The van der Waals surface area contributed by atoms with Gasteiger partial charge in [-0.2, -0.15) is 4.39 Å². The van der Waals surface area contributed by atoms with Crippen molar-refractivity contribution in [3.8, 4) is 0 Å². The van der Waals surface area contributed by atoms with Crippen LogP contribution in [-0.2, 0) is 4.74 Å². The highest BCUT2D eigenvalue weighted by molar-refractivity contribution is 5.69. The summed E-state index contributed by atoms with van der Waals surface area (Å²) < 4.78 is 54.9. The third-order valence-corrected chi connectivity index (χ3v) is 3.90. The molecule has 0 radical (unpaired) electrons. The molecule has 0 aromatic carbocycles. The number of hydrogen-bond acceptors (Lipinski definition) is 6. The van der Waals surface area contributed by atoms with Crippen molar-refractivity contribution in [1.29, 1.82) is 0 Å². The highest BCUT2D eigenvalue weighted by Gasteiger charge is 2.44. The molecular weight excluding hydrogens is 324 g/mol. The van der Waals surface area contributed by atoms with E-state index in [1.165, 1.54) is 10.9 Å². The van der Waals surface area contributed by atoms with Gasteiger partial charge in [-0.1, -0.05) is 0 Å². The number of aromatic nitrogens is 4. The van der Waals surface area contributed by atoms with E-state index < -0.39 is 43.1 Å². The Kier molecular flexibility index (Phi) is 3.94. The first-order chi connectivity index (χ1) is 10.8. The monoisotopic (exact) mass is 336 g/mol. The Bertz CT molecular complexity index is 707. The normalized spacial score (nSPS) is 28.6. The molecule has 4 atom stereocenters. The van der Waals surface area contributed by atoms with Gasteiger partial charge >= 0.3 is 6.36 Å². The topological polar surface area (TPSA) is 93.3 Å². The zero-order valence-electron chi connectivity index (χ0n) is 11.5. The van der Waals surface area contributed by atoms with Gasteiger partial charge in [-0.15, -0.1) is 13.2 Å². The minimum absolute atomic E-state index is 0.00447. The predicted octanol–water partition coefficient (Wildman–Crippen LogP) is 0.785. The highest BCUT2D eigenvalue weighted by Crippen LogP contribution is 2.37. The second-order valence-electron chi connectivity index (χ2n) is 5.29. The standard InChI is InChI=1S/C12H12F4N4O3/c13-10-7-11(18-3-17-10)20(4-19-7)6-1-5(8(21)9(6)22)2-23-12(14,15)16/h3-6,8-9,21-22H,1-2H2/t5-,6-,8-,9+/m1/s1. The molecule has 1 saturated carbocycles. The van der Waals surface area contributed by atoms with Crippen LogP contribution >= 0.6 is 0 Å². The Morgan fingerprint density at radius 3 is 2.65 bits per heavy atom. The van der Waals surface area contributed by atoms with Crippen LogP contribution in [0.25, 0.3) is 11.2 Å². The van der Waals surface area contributed by atoms with E-state index in [1.807, 2.05) is 0 Å². The maximum Gasteiger partial charge on any atom is 0.522 e. The van der Waals surface area contributed by atoms with E-state index in [0.29, 0.717) is 0 Å². The predicted molar refractivity (Wildman–Crippen MR) is 66.4 cm³/mol. The number of halogens is 4. The van der Waals surface area contributed by atoms with E-state index in [9.17, 15) is 27.8 Å². The van der Waals surface area contributed by atoms with E-state index >= 15 is 0 Å². The summed E-state index contributed by atoms with van der Waals surface area (Å²) in [5.74, 6) is -1.78. The molecule has 2 aromatic heterocycles. The van der Waals surface area contributed by atoms with Crippen LogP contribution in [-0.4, -0.2) is 54.9 Å². The van der Waals surface area contributed by atoms with Crippen molar-refractivity contribution in [3.63, 3.8) is 0 Å². The molecule has 1 aliphatic rings. The summed E-state index contributed by atoms with van der Waals surface area (Å²) >= 11 is 0. The van der Waals surface area contributed by atoms with Gasteiger partial charge < -0.3 is 14.8 Å². The molecule has 0 saturated heterocycles. The molecule has 1 fully saturated rings. The lowest BCUT2D eigenvalue weighted by Crippen LogP contribution is -2.32. The van der Waals surface area contributed by atoms with Crippen molar-refractivity contribution in [2.24, 2.45) is 5.92 Å². The third-order valence-electron chi connectivity index (χ3n) is 3.90. The van der Waals surface area contributed by atoms with Crippen LogP contribution < -0.4 is 0 Å². The molecule has 11 heteroatoms. The van der Waals surface area contributed by atoms with Crippen molar-refractivity contribution in [2.75, 3.05) is 6.61 Å². The summed E-state index contributed by atoms with van der Waals surface area (Å²) in [5, 5.41) is 20.0. The van der Waals surface area contributed by atoms with Gasteiger partial charge in [0.25, 0.3) is 0 Å². The fourth-order valence-electron chi connectivity index (χ4n) is 2.81. The minimum atomic E-state index is -4.82. The van der Waals surface area contributed by atoms with Gasteiger partial charge in [0.1, 0.15) is 12.4 Å². The first kappa shape index (κ1) is 16.0. The zero-order valence-corrected chi connectivity index (χ0v) is 11.5. The van der Waals surface area contributed by atoms with Crippen LogP contribution in [0.2, 0.25) is 0 Å². The Balaban J connectivity index is 1.84. The fraction of sp³-hybridized carbons (Fsp3) is 0.583. The van der Waals surface area contributed by atoms with Crippen LogP contribution in [0.5, 0.6) is 0 Å². The zero-order chi connectivity index (χ0) is 16.8. The molecule has 3 rings (SSSR count). The number of nitrogens with zero attached hydrogens (tertiary/aromatic N) is 4. The lowest BCUT2D eigenvalue weighted by molar-refractivity contribution is -0.329. The summed E-state index contributed by atoms with van der Waals surface area (Å²) in [7, 11) is 0. The van der Waals surface area contributed by atoms with Crippen molar-refractivity contribution >= 4 is 11.2 Å². The number of rotatable bonds is 3. The van der Waals surface area contributed by atoms with Crippen molar-refractivity contribution in [2.45, 2.75) is 31.0 Å². The fourth-order valence-corrected chi connectivity index (χ4v) is 2.81. The first-order valence-corrected chi connectivity index (χ1v) is 6.68. The maximum absolute atomic E-state index is 13.5. The summed E-state index contributed by atoms with van der Waals surface area (Å²) in [4.78, 5) is 11.0. The van der Waals surface area contributed by atoms with E-state index in [4.69, 9.17) is 0 Å². The number of aliphatic hydroxyl groups excluding tert-OH is 2. The van der Waals surface area contributed by atoms with Gasteiger partial charge in [-0.25, -0.2) is 15.0 Å². The van der Waals surface area contributed by atoms with Gasteiger partial charge in [0.15, 0.2) is 11.2 Å². The molecule has 1 aliphatic carbocycles. The molecule has 2 aromatic rings. The van der Waals surface area contributed by atoms with E-state index in [0.717, 1.165) is 6.33 Å². The van der Waals surface area contributed by atoms with Gasteiger partial charge in [0.2, 0.25) is 5.95 Å². The third kappa shape index (κ3) is 2.99. The lowest BCUT2D eigenvalue weighted by atomic mass is 10.1. The second kappa shape index (κ2) is 5.65. The first-order valence-electron chi connectivity index (χ1n) is 6.68. The minimum Gasteiger partial charge on any atom is -0.390 e. The number of hydrogen-bond donors (Lipinski definition) is 2. The Hall–Kier alpha value is -1.85. The quantitative estimate of drug-likeness (QED) is 0.636. The van der Waals surface area contributed by atoms with Gasteiger partial charge in [0.05, 0.1) is 25.1 Å². The molecule has 7 nitrogen and oxygen atoms in total. The second-order valence-corrected chi connectivity index (χ2v) is 5.29. The molecule has 0 amide bonds. The Labute approximate surface area is 126 Å². The molecular formula is C12H12F4N4O3. The molecule has 23 heavy (non-hydrogen) atoms. The van der Waals surface area contributed by atoms with Crippen LogP contribution in [0.1, 0.15) is 12.5 Å². The van der Waals surface area contributed by atoms with Crippen molar-refractivity contribution in [3.05, 3.63) is 18.6 Å².